The third-order valence-corrected chi connectivity index (χ3v) is 5.86. The molecule has 3 rings (SSSR count). The van der Waals surface area contributed by atoms with Crippen LogP contribution in [0.25, 0.3) is 10.9 Å². The number of nitrogens with zero attached hydrogens (tertiary/aromatic N) is 4. The number of aromatic nitrogens is 2. The van der Waals surface area contributed by atoms with Gasteiger partial charge in [0.25, 0.3) is 0 Å². The highest BCUT2D eigenvalue weighted by Crippen LogP contribution is 2.30. The molecule has 0 spiro atoms. The molecule has 0 aliphatic carbocycles. The van der Waals surface area contributed by atoms with Crippen LogP contribution in [-0.2, 0) is 20.8 Å². The summed E-state index contributed by atoms with van der Waals surface area (Å²) in [6, 6.07) is 5.31. The standard InChI is InChI=1S/C26H40N4O7/c1-25(2,3)37-24(33)29(7)14-13-28(6)16-19-22-20(30(27-19)23(31)32)11-8-12-21(22)34-15-9-10-18-17-35-26(4,5)36-18/h8,11-12,18H,9-10,13-17H2,1-7H3,(H,31,32). The van der Waals surface area contributed by atoms with Crippen molar-refractivity contribution < 1.29 is 33.6 Å². The third-order valence-electron chi connectivity index (χ3n) is 5.86. The molecule has 11 nitrogen and oxygen atoms in total. The van der Waals surface area contributed by atoms with Gasteiger partial charge in [0.05, 0.1) is 35.9 Å². The first kappa shape index (κ1) is 28.7. The summed E-state index contributed by atoms with van der Waals surface area (Å²) in [4.78, 5) is 27.6. The summed E-state index contributed by atoms with van der Waals surface area (Å²) in [5.74, 6) is 0.0359. The Bertz CT molecular complexity index is 1090. The summed E-state index contributed by atoms with van der Waals surface area (Å²) in [6.07, 6.45) is 0.0400. The Labute approximate surface area is 218 Å². The van der Waals surface area contributed by atoms with Gasteiger partial charge < -0.3 is 29.0 Å². The van der Waals surface area contributed by atoms with E-state index in [2.05, 4.69) is 5.10 Å². The van der Waals surface area contributed by atoms with Crippen molar-refractivity contribution in [1.82, 2.24) is 19.6 Å². The van der Waals surface area contributed by atoms with Crippen molar-refractivity contribution in [3.63, 3.8) is 0 Å². The van der Waals surface area contributed by atoms with E-state index in [1.54, 1.807) is 19.2 Å². The molecule has 1 aliphatic heterocycles. The number of amides is 1. The maximum atomic E-state index is 12.2. The van der Waals surface area contributed by atoms with Crippen LogP contribution >= 0.6 is 0 Å². The minimum absolute atomic E-state index is 0.0344. The zero-order chi connectivity index (χ0) is 27.4. The maximum absolute atomic E-state index is 12.2. The molecule has 1 unspecified atom stereocenters. The number of ether oxygens (including phenoxy) is 4. The molecule has 1 saturated heterocycles. The molecule has 11 heteroatoms. The lowest BCUT2D eigenvalue weighted by Crippen LogP contribution is -2.38. The normalized spacial score (nSPS) is 17.4. The second kappa shape index (κ2) is 11.7. The molecule has 2 heterocycles. The van der Waals surface area contributed by atoms with E-state index in [-0.39, 0.29) is 6.10 Å². The summed E-state index contributed by atoms with van der Waals surface area (Å²) in [5, 5.41) is 14.7. The summed E-state index contributed by atoms with van der Waals surface area (Å²) < 4.78 is 23.9. The summed E-state index contributed by atoms with van der Waals surface area (Å²) in [5.41, 5.74) is 0.489. The number of likely N-dealkylation sites (N-methyl/N-ethyl adjacent to an activating group) is 2. The van der Waals surface area contributed by atoms with Crippen LogP contribution in [0, 0.1) is 0 Å². The maximum Gasteiger partial charge on any atom is 0.432 e. The smallest absolute Gasteiger partial charge is 0.432 e. The van der Waals surface area contributed by atoms with Crippen LogP contribution in [0.2, 0.25) is 0 Å². The Morgan fingerprint density at radius 3 is 2.59 bits per heavy atom. The molecular formula is C26H40N4O7. The quantitative estimate of drug-likeness (QED) is 0.461. The van der Waals surface area contributed by atoms with E-state index < -0.39 is 23.6 Å². The zero-order valence-electron chi connectivity index (χ0n) is 22.9. The Hall–Kier alpha value is -2.89. The van der Waals surface area contributed by atoms with E-state index in [1.165, 1.54) is 4.90 Å². The number of hydrogen-bond acceptors (Lipinski definition) is 8. The molecule has 1 aliphatic rings. The summed E-state index contributed by atoms with van der Waals surface area (Å²) in [7, 11) is 3.58. The Morgan fingerprint density at radius 2 is 1.97 bits per heavy atom. The Kier molecular flexibility index (Phi) is 9.04. The number of carbonyl (C=O) groups excluding carboxylic acids is 1. The van der Waals surface area contributed by atoms with E-state index >= 15 is 0 Å². The first-order valence-corrected chi connectivity index (χ1v) is 12.6. The number of benzene rings is 1. The number of rotatable bonds is 10. The molecule has 1 amide bonds. The minimum Gasteiger partial charge on any atom is -0.493 e. The van der Waals surface area contributed by atoms with E-state index in [1.807, 2.05) is 52.6 Å². The lowest BCUT2D eigenvalue weighted by molar-refractivity contribution is -0.139. The van der Waals surface area contributed by atoms with Gasteiger partial charge in [-0.25, -0.2) is 9.59 Å². The molecule has 1 N–H and O–H groups in total. The van der Waals surface area contributed by atoms with Crippen molar-refractivity contribution in [1.29, 1.82) is 0 Å². The van der Waals surface area contributed by atoms with Crippen LogP contribution in [0.15, 0.2) is 18.2 Å². The van der Waals surface area contributed by atoms with Gasteiger partial charge in [0, 0.05) is 26.7 Å². The van der Waals surface area contributed by atoms with Gasteiger partial charge in [0.1, 0.15) is 11.4 Å². The SMILES string of the molecule is CN(CCN(C)C(=O)OC(C)(C)C)Cc1nn(C(=O)O)c2cccc(OCCCC3COC(C)(C)O3)c12. The van der Waals surface area contributed by atoms with Gasteiger partial charge in [0.2, 0.25) is 0 Å². The van der Waals surface area contributed by atoms with Crippen molar-refractivity contribution >= 4 is 23.1 Å². The predicted molar refractivity (Wildman–Crippen MR) is 138 cm³/mol. The molecule has 1 aromatic heterocycles. The van der Waals surface area contributed by atoms with Crippen molar-refractivity contribution in [2.24, 2.45) is 0 Å². The topological polar surface area (TPSA) is 116 Å². The first-order valence-electron chi connectivity index (χ1n) is 12.6. The number of carbonyl (C=O) groups is 2. The predicted octanol–water partition coefficient (Wildman–Crippen LogP) is 4.17. The highest BCUT2D eigenvalue weighted by molar-refractivity contribution is 5.93. The lowest BCUT2D eigenvalue weighted by atomic mass is 10.1. The van der Waals surface area contributed by atoms with Crippen LogP contribution in [0.4, 0.5) is 9.59 Å². The molecule has 2 aromatic rings. The van der Waals surface area contributed by atoms with Crippen LogP contribution < -0.4 is 4.74 Å². The fourth-order valence-corrected chi connectivity index (χ4v) is 4.07. The third kappa shape index (κ3) is 8.05. The van der Waals surface area contributed by atoms with Crippen LogP contribution in [0.5, 0.6) is 5.75 Å². The van der Waals surface area contributed by atoms with E-state index in [4.69, 9.17) is 18.9 Å². The molecular weight excluding hydrogens is 480 g/mol. The second-order valence-electron chi connectivity index (χ2n) is 10.9. The molecule has 1 fully saturated rings. The van der Waals surface area contributed by atoms with E-state index in [0.717, 1.165) is 17.5 Å². The highest BCUT2D eigenvalue weighted by Gasteiger charge is 2.32. The fourth-order valence-electron chi connectivity index (χ4n) is 4.07. The average molecular weight is 521 g/mol. The van der Waals surface area contributed by atoms with Crippen molar-refractivity contribution in [3.8, 4) is 5.75 Å². The summed E-state index contributed by atoms with van der Waals surface area (Å²) >= 11 is 0. The van der Waals surface area contributed by atoms with E-state index in [0.29, 0.717) is 55.2 Å². The minimum atomic E-state index is -1.17. The van der Waals surface area contributed by atoms with Crippen LogP contribution in [-0.4, -0.2) is 94.8 Å². The molecule has 1 aromatic carbocycles. The lowest BCUT2D eigenvalue weighted by Gasteiger charge is -2.26. The van der Waals surface area contributed by atoms with Gasteiger partial charge in [-0.2, -0.15) is 9.78 Å². The number of hydrogen-bond donors (Lipinski definition) is 1. The molecule has 0 radical (unpaired) electrons. The molecule has 37 heavy (non-hydrogen) atoms. The highest BCUT2D eigenvalue weighted by atomic mass is 16.7. The molecule has 206 valence electrons. The molecule has 0 bridgehead atoms. The van der Waals surface area contributed by atoms with Gasteiger partial charge in [-0.3, -0.25) is 4.90 Å². The van der Waals surface area contributed by atoms with Crippen LogP contribution in [0.1, 0.15) is 53.2 Å². The largest absolute Gasteiger partial charge is 0.493 e. The zero-order valence-corrected chi connectivity index (χ0v) is 22.9. The van der Waals surface area contributed by atoms with Gasteiger partial charge in [-0.05, 0) is 66.6 Å². The summed E-state index contributed by atoms with van der Waals surface area (Å²) in [6.45, 7) is 11.7. The van der Waals surface area contributed by atoms with Crippen molar-refractivity contribution in [3.05, 3.63) is 23.9 Å². The van der Waals surface area contributed by atoms with Crippen molar-refractivity contribution in [2.45, 2.75) is 71.5 Å². The number of fused-ring (bicyclic) bond motifs is 1. The van der Waals surface area contributed by atoms with Crippen LogP contribution in [0.3, 0.4) is 0 Å². The molecule has 0 saturated carbocycles. The van der Waals surface area contributed by atoms with Gasteiger partial charge >= 0.3 is 12.2 Å². The van der Waals surface area contributed by atoms with Gasteiger partial charge in [-0.1, -0.05) is 6.07 Å². The van der Waals surface area contributed by atoms with Gasteiger partial charge in [-0.15, -0.1) is 0 Å². The molecule has 1 atom stereocenters. The van der Waals surface area contributed by atoms with E-state index in [9.17, 15) is 14.7 Å². The number of carboxylic acid groups (broad SMARTS) is 1. The van der Waals surface area contributed by atoms with Crippen molar-refractivity contribution in [2.75, 3.05) is 40.4 Å². The Morgan fingerprint density at radius 1 is 1.24 bits per heavy atom. The second-order valence-corrected chi connectivity index (χ2v) is 10.9. The van der Waals surface area contributed by atoms with Gasteiger partial charge in [0.15, 0.2) is 5.79 Å². The fraction of sp³-hybridized carbons (Fsp3) is 0.654. The average Bonchev–Trinajstić information content (AvgIpc) is 3.33. The first-order chi connectivity index (χ1) is 17.3. The Balaban J connectivity index is 1.65. The monoisotopic (exact) mass is 520 g/mol.